The predicted molar refractivity (Wildman–Crippen MR) is 65.9 cm³/mol. The molecule has 0 saturated carbocycles. The summed E-state index contributed by atoms with van der Waals surface area (Å²) in [6, 6.07) is 6.07. The molecule has 116 valence electrons. The molecular weight excluding hydrogens is 403 g/mol. The van der Waals surface area contributed by atoms with Gasteiger partial charge in [-0.3, -0.25) is 0 Å². The maximum Gasteiger partial charge on any atom is -0.112 e. The Balaban J connectivity index is 0.000000621. The molecule has 0 spiro atoms. The van der Waals surface area contributed by atoms with Crippen molar-refractivity contribution in [3.05, 3.63) is 18.2 Å². The average Bonchev–Trinajstić information content (AvgIpc) is 2.38. The van der Waals surface area contributed by atoms with Crippen molar-refractivity contribution in [3.63, 3.8) is 0 Å². The molecule has 8 heteroatoms. The summed E-state index contributed by atoms with van der Waals surface area (Å²) in [5.74, 6) is 2.02. The first kappa shape index (κ1) is 19.7. The minimum Gasteiger partial charge on any atom is -0.222 e. The molecule has 1 aromatic carbocycles. The zero-order chi connectivity index (χ0) is 15.8. The van der Waals surface area contributed by atoms with Crippen LogP contribution >= 0.6 is 0 Å². The number of benzene rings is 1. The number of ether oxygens (including phenoxy) is 2. The maximum absolute atomic E-state index is 8.49. The molecule has 20 heavy (non-hydrogen) atoms. The smallest absolute Gasteiger partial charge is 0.112 e. The van der Waals surface area contributed by atoms with E-state index in [-0.39, 0.29) is 0 Å². The van der Waals surface area contributed by atoms with Crippen LogP contribution in [0.15, 0.2) is 18.2 Å². The van der Waals surface area contributed by atoms with Gasteiger partial charge in [-0.2, -0.15) is 0 Å². The van der Waals surface area contributed by atoms with Crippen molar-refractivity contribution in [3.8, 4) is 11.5 Å². The van der Waals surface area contributed by atoms with Gasteiger partial charge in [0.1, 0.15) is 0 Å². The van der Waals surface area contributed by atoms with Gasteiger partial charge >= 0.3 is 99.3 Å². The molecule has 0 aliphatic carbocycles. The molecular formula is C12H19ClO6Te. The van der Waals surface area contributed by atoms with E-state index in [1.165, 1.54) is 12.5 Å². The van der Waals surface area contributed by atoms with Crippen LogP contribution in [0.1, 0.15) is 13.8 Å². The number of halogens is 1. The Morgan fingerprint density at radius 2 is 1.30 bits per heavy atom. The van der Waals surface area contributed by atoms with Crippen molar-refractivity contribution in [2.24, 2.45) is 0 Å². The van der Waals surface area contributed by atoms with E-state index in [2.05, 4.69) is 13.8 Å². The summed E-state index contributed by atoms with van der Waals surface area (Å²) in [5, 5.41) is 0. The van der Waals surface area contributed by atoms with Gasteiger partial charge in [-0.25, -0.2) is 18.6 Å². The average molecular weight is 422 g/mol. The largest absolute Gasteiger partial charge is 0.222 e. The van der Waals surface area contributed by atoms with Crippen molar-refractivity contribution >= 4 is 23.2 Å². The fraction of sp³-hybridized carbons (Fsp3) is 0.500. The number of methoxy groups -OCH3 is 2. The second-order valence-electron chi connectivity index (χ2n) is 3.44. The molecule has 1 aromatic rings. The molecule has 0 atom stereocenters. The SMILES string of the molecule is CC[Te+](CC)c1c(OC)cccc1OC.[O-][Cl+3]([O-])([O-])[O-]. The van der Waals surface area contributed by atoms with Crippen LogP contribution in [-0.4, -0.2) is 33.8 Å². The minimum atomic E-state index is -4.94. The molecule has 0 heterocycles. The molecule has 0 bridgehead atoms. The Morgan fingerprint density at radius 1 is 0.950 bits per heavy atom. The van der Waals surface area contributed by atoms with Crippen LogP contribution in [0.2, 0.25) is 8.94 Å². The number of rotatable bonds is 5. The zero-order valence-electron chi connectivity index (χ0n) is 11.9. The summed E-state index contributed by atoms with van der Waals surface area (Å²) >= 11 is -1.23. The molecule has 0 aromatic heterocycles. The summed E-state index contributed by atoms with van der Waals surface area (Å²) in [4.78, 5) is 0. The molecule has 0 saturated heterocycles. The van der Waals surface area contributed by atoms with Gasteiger partial charge in [-0.1, -0.05) is 0 Å². The van der Waals surface area contributed by atoms with Gasteiger partial charge in [-0.15, -0.1) is 10.2 Å². The monoisotopic (exact) mass is 424 g/mol. The van der Waals surface area contributed by atoms with Gasteiger partial charge in [0, 0.05) is 0 Å². The van der Waals surface area contributed by atoms with Gasteiger partial charge in [-0.05, 0) is 0 Å². The summed E-state index contributed by atoms with van der Waals surface area (Å²) in [5.41, 5.74) is 0. The van der Waals surface area contributed by atoms with Gasteiger partial charge in [0.05, 0.1) is 0 Å². The summed E-state index contributed by atoms with van der Waals surface area (Å²) in [6.45, 7) is 4.54. The van der Waals surface area contributed by atoms with Crippen molar-refractivity contribution in [2.45, 2.75) is 22.8 Å². The molecule has 0 N–H and O–H groups in total. The van der Waals surface area contributed by atoms with Gasteiger partial charge in [0.15, 0.2) is 0 Å². The third-order valence-corrected chi connectivity index (χ3v) is 9.14. The normalized spacial score (nSPS) is 10.8. The molecule has 0 amide bonds. The molecule has 0 aliphatic rings. The van der Waals surface area contributed by atoms with Crippen LogP contribution in [0.3, 0.4) is 0 Å². The third-order valence-electron chi connectivity index (χ3n) is 2.37. The van der Waals surface area contributed by atoms with E-state index in [0.717, 1.165) is 11.5 Å². The van der Waals surface area contributed by atoms with Crippen LogP contribution in [0.25, 0.3) is 0 Å². The van der Waals surface area contributed by atoms with E-state index in [4.69, 9.17) is 28.1 Å². The first-order valence-corrected chi connectivity index (χ1v) is 11.5. The Bertz CT molecular complexity index is 364. The van der Waals surface area contributed by atoms with Gasteiger partial charge in [0.2, 0.25) is 0 Å². The molecule has 0 radical (unpaired) electrons. The molecule has 0 aliphatic heterocycles. The standard InChI is InChI=1S/C12H19O2Te.ClHO4/c1-5-15(6-2)12-10(13-3)8-7-9-11(12)14-4;2-1(3,4)5/h7-9H,5-6H2,1-4H3;(H,2,3,4,5)/q+1;/p-1. The molecule has 0 unspecified atom stereocenters. The van der Waals surface area contributed by atoms with Crippen LogP contribution in [0.5, 0.6) is 11.5 Å². The van der Waals surface area contributed by atoms with E-state index in [9.17, 15) is 0 Å². The van der Waals surface area contributed by atoms with Crippen LogP contribution in [0, 0.1) is 10.2 Å². The Kier molecular flexibility index (Phi) is 9.51. The molecule has 1 rings (SSSR count). The van der Waals surface area contributed by atoms with Gasteiger partial charge in [0.25, 0.3) is 0 Å². The maximum atomic E-state index is 8.49. The number of hydrogen-bond acceptors (Lipinski definition) is 6. The van der Waals surface area contributed by atoms with Crippen molar-refractivity contribution in [1.82, 2.24) is 0 Å². The Morgan fingerprint density at radius 3 is 1.55 bits per heavy atom. The van der Waals surface area contributed by atoms with E-state index >= 15 is 0 Å². The van der Waals surface area contributed by atoms with E-state index in [0.29, 0.717) is 0 Å². The Hall–Kier alpha value is -0.260. The summed E-state index contributed by atoms with van der Waals surface area (Å²) in [6.07, 6.45) is 0. The molecule has 0 fully saturated rings. The van der Waals surface area contributed by atoms with E-state index in [1.807, 2.05) is 18.2 Å². The minimum absolute atomic E-state index is 1.01. The Labute approximate surface area is 128 Å². The summed E-state index contributed by atoms with van der Waals surface area (Å²) < 4.78 is 48.8. The van der Waals surface area contributed by atoms with Crippen LogP contribution in [0.4, 0.5) is 0 Å². The second kappa shape index (κ2) is 9.64. The van der Waals surface area contributed by atoms with Crippen LogP contribution < -0.4 is 31.7 Å². The summed E-state index contributed by atoms with van der Waals surface area (Å²) in [7, 11) is -1.47. The predicted octanol–water partition coefficient (Wildman–Crippen LogP) is -2.31. The quantitative estimate of drug-likeness (QED) is 0.493. The third kappa shape index (κ3) is 7.50. The fourth-order valence-corrected chi connectivity index (χ4v) is 6.90. The topological polar surface area (TPSA) is 111 Å². The van der Waals surface area contributed by atoms with E-state index < -0.39 is 29.8 Å². The van der Waals surface area contributed by atoms with Crippen LogP contribution in [-0.2, 0) is 0 Å². The fourth-order valence-electron chi connectivity index (χ4n) is 1.59. The first-order valence-electron chi connectivity index (χ1n) is 5.78. The first-order chi connectivity index (χ1) is 9.28. The van der Waals surface area contributed by atoms with E-state index in [1.54, 1.807) is 14.2 Å². The second-order valence-corrected chi connectivity index (χ2v) is 11.5. The zero-order valence-corrected chi connectivity index (χ0v) is 15.0. The van der Waals surface area contributed by atoms with Crippen molar-refractivity contribution in [1.29, 1.82) is 0 Å². The molecule has 6 nitrogen and oxygen atoms in total. The van der Waals surface area contributed by atoms with Crippen molar-refractivity contribution < 1.29 is 38.4 Å². The number of hydrogen-bond donors (Lipinski definition) is 0. The van der Waals surface area contributed by atoms with Gasteiger partial charge < -0.3 is 0 Å². The van der Waals surface area contributed by atoms with Crippen molar-refractivity contribution in [2.75, 3.05) is 14.2 Å².